The normalized spacial score (nSPS) is 10.6. The van der Waals surface area contributed by atoms with E-state index in [1.54, 1.807) is 6.07 Å². The first-order valence-corrected chi connectivity index (χ1v) is 4.17. The van der Waals surface area contributed by atoms with Crippen molar-refractivity contribution in [2.24, 2.45) is 7.05 Å². The van der Waals surface area contributed by atoms with Crippen LogP contribution in [0.5, 0.6) is 0 Å². The molecule has 0 aliphatic heterocycles. The Bertz CT molecular complexity index is 514. The molecule has 13 heavy (non-hydrogen) atoms. The molecule has 3 nitrogen and oxygen atoms in total. The third-order valence-corrected chi connectivity index (χ3v) is 2.33. The maximum atomic E-state index is 11.0. The van der Waals surface area contributed by atoms with Crippen molar-refractivity contribution in [3.63, 3.8) is 0 Å². The van der Waals surface area contributed by atoms with Gasteiger partial charge in [-0.2, -0.15) is 0 Å². The Labute approximate surface area is 75.7 Å². The Kier molecular flexibility index (Phi) is 1.65. The van der Waals surface area contributed by atoms with Crippen molar-refractivity contribution in [2.45, 2.75) is 6.92 Å². The fourth-order valence-corrected chi connectivity index (χ4v) is 1.43. The highest BCUT2D eigenvalue weighted by atomic mass is 16.1. The second-order valence-electron chi connectivity index (χ2n) is 3.16. The lowest BCUT2D eigenvalue weighted by Crippen LogP contribution is -2.31. The van der Waals surface area contributed by atoms with Crippen molar-refractivity contribution >= 4 is 10.9 Å². The molecule has 1 N–H and O–H groups in total. The quantitative estimate of drug-likeness (QED) is 0.587. The Hall–Kier alpha value is -1.64. The van der Waals surface area contributed by atoms with E-state index in [-0.39, 0.29) is 5.56 Å². The third kappa shape index (κ3) is 1.22. The molecule has 0 fully saturated rings. The number of H-pyrrole nitrogens is 1. The number of fused-ring (bicyclic) bond motifs is 1. The summed E-state index contributed by atoms with van der Waals surface area (Å²) in [6.07, 6.45) is 1.94. The predicted octanol–water partition coefficient (Wildman–Crippen LogP) is 0.661. The first-order chi connectivity index (χ1) is 6.18. The number of aromatic nitrogens is 2. The summed E-state index contributed by atoms with van der Waals surface area (Å²) < 4.78 is 2.03. The molecule has 0 aliphatic rings. The third-order valence-electron chi connectivity index (χ3n) is 2.33. The van der Waals surface area contributed by atoms with Gasteiger partial charge in [-0.15, -0.1) is 0 Å². The average molecular weight is 175 g/mol. The van der Waals surface area contributed by atoms with Gasteiger partial charge in [0.25, 0.3) is 0 Å². The molecule has 2 rings (SSSR count). The lowest BCUT2D eigenvalue weighted by Gasteiger charge is -1.98. The van der Waals surface area contributed by atoms with Crippen molar-refractivity contribution in [2.75, 3.05) is 0 Å². The van der Waals surface area contributed by atoms with Crippen molar-refractivity contribution in [3.8, 4) is 0 Å². The zero-order valence-electron chi connectivity index (χ0n) is 7.66. The van der Waals surface area contributed by atoms with Crippen molar-refractivity contribution in [1.82, 2.24) is 4.98 Å². The Morgan fingerprint density at radius 3 is 2.85 bits per heavy atom. The van der Waals surface area contributed by atoms with Gasteiger partial charge < -0.3 is 4.98 Å². The highest BCUT2D eigenvalue weighted by Crippen LogP contribution is 2.09. The standard InChI is InChI=1S/C10H10N2O/c1-7-8-3-4-10(13)11-9(8)5-6-12(7)2/h3-6H,1-2H3/p+1. The zero-order valence-corrected chi connectivity index (χ0v) is 7.66. The molecule has 0 spiro atoms. The number of aromatic amines is 1. The monoisotopic (exact) mass is 175 g/mol. The van der Waals surface area contributed by atoms with E-state index >= 15 is 0 Å². The number of rotatable bonds is 0. The lowest BCUT2D eigenvalue weighted by molar-refractivity contribution is -0.676. The van der Waals surface area contributed by atoms with E-state index in [4.69, 9.17) is 0 Å². The molecular formula is C10H11N2O+. The van der Waals surface area contributed by atoms with E-state index in [0.717, 1.165) is 16.6 Å². The van der Waals surface area contributed by atoms with Gasteiger partial charge in [-0.05, 0) is 6.07 Å². The molecule has 0 saturated carbocycles. The maximum absolute atomic E-state index is 11.0. The maximum Gasteiger partial charge on any atom is 0.248 e. The van der Waals surface area contributed by atoms with Crippen LogP contribution in [0.4, 0.5) is 0 Å². The Morgan fingerprint density at radius 2 is 2.08 bits per heavy atom. The molecule has 0 aromatic carbocycles. The summed E-state index contributed by atoms with van der Waals surface area (Å²) in [7, 11) is 1.99. The van der Waals surface area contributed by atoms with Crippen molar-refractivity contribution < 1.29 is 4.57 Å². The molecule has 2 aromatic heterocycles. The topological polar surface area (TPSA) is 36.7 Å². The summed E-state index contributed by atoms with van der Waals surface area (Å²) in [5.41, 5.74) is 1.98. The molecule has 3 heteroatoms. The van der Waals surface area contributed by atoms with Crippen LogP contribution in [0, 0.1) is 6.92 Å². The molecule has 66 valence electrons. The molecule has 0 amide bonds. The highest BCUT2D eigenvalue weighted by Gasteiger charge is 2.05. The van der Waals surface area contributed by atoms with Crippen LogP contribution >= 0.6 is 0 Å². The average Bonchev–Trinajstić information content (AvgIpc) is 2.12. The number of pyridine rings is 2. The van der Waals surface area contributed by atoms with E-state index < -0.39 is 0 Å². The highest BCUT2D eigenvalue weighted by molar-refractivity contribution is 5.78. The fraction of sp³-hybridized carbons (Fsp3) is 0.200. The second kappa shape index (κ2) is 2.69. The van der Waals surface area contributed by atoms with E-state index in [9.17, 15) is 4.79 Å². The molecular weight excluding hydrogens is 164 g/mol. The minimum Gasteiger partial charge on any atom is -0.321 e. The summed E-state index contributed by atoms with van der Waals surface area (Å²) in [5.74, 6) is 0. The van der Waals surface area contributed by atoms with Gasteiger partial charge in [-0.3, -0.25) is 4.79 Å². The van der Waals surface area contributed by atoms with Crippen molar-refractivity contribution in [1.29, 1.82) is 0 Å². The van der Waals surface area contributed by atoms with Crippen LogP contribution in [-0.2, 0) is 7.05 Å². The second-order valence-corrected chi connectivity index (χ2v) is 3.16. The van der Waals surface area contributed by atoms with E-state index in [1.165, 1.54) is 0 Å². The molecule has 2 aromatic rings. The van der Waals surface area contributed by atoms with Crippen LogP contribution in [0.3, 0.4) is 0 Å². The number of hydrogen-bond donors (Lipinski definition) is 1. The van der Waals surface area contributed by atoms with Gasteiger partial charge in [0.1, 0.15) is 7.05 Å². The first kappa shape index (κ1) is 7.98. The van der Waals surface area contributed by atoms with Crippen LogP contribution in [-0.4, -0.2) is 4.98 Å². The molecule has 0 radical (unpaired) electrons. The van der Waals surface area contributed by atoms with Gasteiger partial charge in [0.15, 0.2) is 11.9 Å². The van der Waals surface area contributed by atoms with E-state index in [2.05, 4.69) is 4.98 Å². The summed E-state index contributed by atoms with van der Waals surface area (Å²) in [6, 6.07) is 5.31. The number of aryl methyl sites for hydroxylation is 2. The fourth-order valence-electron chi connectivity index (χ4n) is 1.43. The number of hydrogen-bond acceptors (Lipinski definition) is 1. The lowest BCUT2D eigenvalue weighted by atomic mass is 10.2. The minimum absolute atomic E-state index is 0.0549. The Balaban J connectivity index is 2.95. The van der Waals surface area contributed by atoms with Crippen LogP contribution in [0.2, 0.25) is 0 Å². The number of nitrogens with one attached hydrogen (secondary N) is 1. The molecule has 0 bridgehead atoms. The first-order valence-electron chi connectivity index (χ1n) is 4.17. The molecule has 2 heterocycles. The summed E-state index contributed by atoms with van der Waals surface area (Å²) in [4.78, 5) is 13.8. The largest absolute Gasteiger partial charge is 0.321 e. The molecule has 0 saturated heterocycles. The van der Waals surface area contributed by atoms with E-state index in [1.807, 2.05) is 36.9 Å². The van der Waals surface area contributed by atoms with E-state index in [0.29, 0.717) is 0 Å². The van der Waals surface area contributed by atoms with Gasteiger partial charge in [-0.25, -0.2) is 4.57 Å². The van der Waals surface area contributed by atoms with Crippen LogP contribution in [0.15, 0.2) is 29.2 Å². The molecule has 0 atom stereocenters. The van der Waals surface area contributed by atoms with Gasteiger partial charge in [0, 0.05) is 19.1 Å². The zero-order chi connectivity index (χ0) is 9.42. The molecule has 0 aliphatic carbocycles. The smallest absolute Gasteiger partial charge is 0.248 e. The predicted molar refractivity (Wildman–Crippen MR) is 50.5 cm³/mol. The van der Waals surface area contributed by atoms with Crippen LogP contribution in [0.25, 0.3) is 10.9 Å². The van der Waals surface area contributed by atoms with Crippen LogP contribution < -0.4 is 10.1 Å². The van der Waals surface area contributed by atoms with Gasteiger partial charge in [0.05, 0.1) is 10.9 Å². The number of nitrogens with zero attached hydrogens (tertiary/aromatic N) is 1. The SMILES string of the molecule is Cc1c2ccc(=O)[nH]c2cc[n+]1C. The van der Waals surface area contributed by atoms with Gasteiger partial charge >= 0.3 is 0 Å². The minimum atomic E-state index is -0.0549. The Morgan fingerprint density at radius 1 is 1.31 bits per heavy atom. The summed E-state index contributed by atoms with van der Waals surface area (Å²) in [6.45, 7) is 2.03. The van der Waals surface area contributed by atoms with Gasteiger partial charge in [-0.1, -0.05) is 0 Å². The summed E-state index contributed by atoms with van der Waals surface area (Å²) in [5, 5.41) is 1.09. The van der Waals surface area contributed by atoms with Gasteiger partial charge in [0.2, 0.25) is 5.56 Å². The van der Waals surface area contributed by atoms with Crippen LogP contribution in [0.1, 0.15) is 5.69 Å². The molecule has 0 unspecified atom stereocenters. The summed E-state index contributed by atoms with van der Waals surface area (Å²) >= 11 is 0. The van der Waals surface area contributed by atoms with Crippen molar-refractivity contribution in [3.05, 3.63) is 40.4 Å².